The number of hydrogen-bond acceptors (Lipinski definition) is 6. The average molecular weight is 395 g/mol. The Balaban J connectivity index is 1.59. The van der Waals surface area contributed by atoms with E-state index < -0.39 is 0 Å². The largest absolute Gasteiger partial charge is 0.494 e. The van der Waals surface area contributed by atoms with E-state index in [-0.39, 0.29) is 0 Å². The number of piperazine rings is 1. The number of aromatic nitrogens is 4. The molecule has 2 aromatic heterocycles. The molecule has 1 saturated heterocycles. The van der Waals surface area contributed by atoms with E-state index in [0.717, 1.165) is 60.0 Å². The quantitative estimate of drug-likeness (QED) is 0.594. The Morgan fingerprint density at radius 2 is 1.93 bits per heavy atom. The molecule has 7 heteroatoms. The van der Waals surface area contributed by atoms with Crippen LogP contribution >= 0.6 is 0 Å². The molecule has 1 aliphatic rings. The molecular weight excluding hydrogens is 364 g/mol. The average Bonchev–Trinajstić information content (AvgIpc) is 3.14. The van der Waals surface area contributed by atoms with Crippen LogP contribution in [0.15, 0.2) is 30.6 Å². The van der Waals surface area contributed by atoms with Gasteiger partial charge in [0, 0.05) is 36.6 Å². The number of fused-ring (bicyclic) bond motifs is 1. The highest BCUT2D eigenvalue weighted by molar-refractivity contribution is 5.93. The van der Waals surface area contributed by atoms with Crippen molar-refractivity contribution in [2.24, 2.45) is 0 Å². The van der Waals surface area contributed by atoms with E-state index in [2.05, 4.69) is 57.2 Å². The van der Waals surface area contributed by atoms with Gasteiger partial charge in [0.2, 0.25) is 0 Å². The molecule has 0 amide bonds. The maximum Gasteiger partial charge on any atom is 0.132 e. The molecule has 0 spiro atoms. The third-order valence-corrected chi connectivity index (χ3v) is 5.33. The van der Waals surface area contributed by atoms with Gasteiger partial charge in [0.25, 0.3) is 0 Å². The highest BCUT2D eigenvalue weighted by Gasteiger charge is 2.22. The summed E-state index contributed by atoms with van der Waals surface area (Å²) in [6, 6.07) is 8.95. The number of nitrogens with zero attached hydrogens (tertiary/aromatic N) is 4. The second-order valence-corrected chi connectivity index (χ2v) is 7.97. The van der Waals surface area contributed by atoms with Crippen molar-refractivity contribution in [3.8, 4) is 17.1 Å². The lowest BCUT2D eigenvalue weighted by atomic mass is 10.1. The molecule has 2 atom stereocenters. The van der Waals surface area contributed by atoms with Crippen LogP contribution in [0.25, 0.3) is 22.3 Å². The van der Waals surface area contributed by atoms with Gasteiger partial charge in [-0.3, -0.25) is 5.10 Å². The summed E-state index contributed by atoms with van der Waals surface area (Å²) in [6.45, 7) is 9.20. The summed E-state index contributed by atoms with van der Waals surface area (Å²) in [5.74, 6) is 1.81. The molecule has 29 heavy (non-hydrogen) atoms. The fourth-order valence-electron chi connectivity index (χ4n) is 3.98. The van der Waals surface area contributed by atoms with Crippen molar-refractivity contribution in [1.29, 1.82) is 0 Å². The molecule has 4 rings (SSSR count). The number of hydrogen-bond donors (Lipinski definition) is 2. The Hall–Kier alpha value is -2.67. The molecule has 1 aliphatic heterocycles. The van der Waals surface area contributed by atoms with Crippen LogP contribution in [0.3, 0.4) is 0 Å². The molecule has 0 saturated carbocycles. The number of H-pyrrole nitrogens is 1. The van der Waals surface area contributed by atoms with Crippen LogP contribution in [0.2, 0.25) is 0 Å². The van der Waals surface area contributed by atoms with Crippen LogP contribution in [0, 0.1) is 0 Å². The standard InChI is InChI=1S/C22H30N6O/c1-4-5-6-9-29-17-7-8-19-18(10-17)22(27-26-19)20-11-21(24-14-23-20)28-12-15(2)25-16(3)13-28/h7-8,10-11,14-16,25H,4-6,9,12-13H2,1-3H3,(H,26,27)/t15-,16+. The van der Waals surface area contributed by atoms with E-state index in [1.165, 1.54) is 12.8 Å². The number of aromatic amines is 1. The van der Waals surface area contributed by atoms with Gasteiger partial charge in [-0.25, -0.2) is 9.97 Å². The van der Waals surface area contributed by atoms with E-state index in [1.54, 1.807) is 6.33 Å². The first-order valence-corrected chi connectivity index (χ1v) is 10.6. The van der Waals surface area contributed by atoms with Crippen LogP contribution in [0.4, 0.5) is 5.82 Å². The van der Waals surface area contributed by atoms with Crippen molar-refractivity contribution in [2.45, 2.75) is 52.1 Å². The van der Waals surface area contributed by atoms with Crippen molar-refractivity contribution in [2.75, 3.05) is 24.6 Å². The van der Waals surface area contributed by atoms with Crippen LogP contribution in [-0.2, 0) is 0 Å². The van der Waals surface area contributed by atoms with Crippen LogP contribution in [-0.4, -0.2) is 51.9 Å². The Morgan fingerprint density at radius 1 is 1.10 bits per heavy atom. The highest BCUT2D eigenvalue weighted by Crippen LogP contribution is 2.29. The van der Waals surface area contributed by atoms with Gasteiger partial charge >= 0.3 is 0 Å². The van der Waals surface area contributed by atoms with Crippen LogP contribution < -0.4 is 15.0 Å². The number of ether oxygens (including phenoxy) is 1. The van der Waals surface area contributed by atoms with Crippen LogP contribution in [0.5, 0.6) is 5.75 Å². The van der Waals surface area contributed by atoms with Gasteiger partial charge in [-0.1, -0.05) is 19.8 Å². The Labute approximate surface area is 171 Å². The van der Waals surface area contributed by atoms with Gasteiger partial charge in [-0.2, -0.15) is 5.10 Å². The number of rotatable bonds is 7. The first-order chi connectivity index (χ1) is 14.1. The van der Waals surface area contributed by atoms with Gasteiger partial charge in [-0.15, -0.1) is 0 Å². The van der Waals surface area contributed by atoms with Crippen molar-refractivity contribution in [3.63, 3.8) is 0 Å². The molecule has 0 radical (unpaired) electrons. The summed E-state index contributed by atoms with van der Waals surface area (Å²) in [5, 5.41) is 12.2. The summed E-state index contributed by atoms with van der Waals surface area (Å²) in [6.07, 6.45) is 5.08. The first-order valence-electron chi connectivity index (χ1n) is 10.6. The van der Waals surface area contributed by atoms with Crippen molar-refractivity contribution >= 4 is 16.7 Å². The lowest BCUT2D eigenvalue weighted by Crippen LogP contribution is -2.54. The van der Waals surface area contributed by atoms with Crippen LogP contribution in [0.1, 0.15) is 40.0 Å². The predicted octanol–water partition coefficient (Wildman–Crippen LogP) is 3.78. The minimum Gasteiger partial charge on any atom is -0.494 e. The summed E-state index contributed by atoms with van der Waals surface area (Å²) in [4.78, 5) is 11.3. The van der Waals surface area contributed by atoms with Gasteiger partial charge < -0.3 is 15.0 Å². The van der Waals surface area contributed by atoms with E-state index in [1.807, 2.05) is 18.2 Å². The lowest BCUT2D eigenvalue weighted by molar-refractivity contribution is 0.306. The summed E-state index contributed by atoms with van der Waals surface area (Å²) in [5.41, 5.74) is 2.63. The molecule has 0 bridgehead atoms. The maximum atomic E-state index is 5.93. The summed E-state index contributed by atoms with van der Waals surface area (Å²) in [7, 11) is 0. The topological polar surface area (TPSA) is 79.0 Å². The Morgan fingerprint density at radius 3 is 2.72 bits per heavy atom. The van der Waals surface area contributed by atoms with Crippen molar-refractivity contribution in [3.05, 3.63) is 30.6 Å². The lowest BCUT2D eigenvalue weighted by Gasteiger charge is -2.36. The van der Waals surface area contributed by atoms with Gasteiger partial charge in [0.05, 0.1) is 17.8 Å². The molecular formula is C22H30N6O. The van der Waals surface area contributed by atoms with E-state index in [0.29, 0.717) is 12.1 Å². The third-order valence-electron chi connectivity index (χ3n) is 5.33. The smallest absolute Gasteiger partial charge is 0.132 e. The molecule has 0 aliphatic carbocycles. The zero-order chi connectivity index (χ0) is 20.2. The summed E-state index contributed by atoms with van der Waals surface area (Å²) < 4.78 is 5.93. The number of unbranched alkanes of at least 4 members (excludes halogenated alkanes) is 2. The van der Waals surface area contributed by atoms with Crippen molar-refractivity contribution in [1.82, 2.24) is 25.5 Å². The molecule has 154 valence electrons. The molecule has 1 fully saturated rings. The molecule has 1 aromatic carbocycles. The maximum absolute atomic E-state index is 5.93. The number of anilines is 1. The normalized spacial score (nSPS) is 19.6. The Bertz CT molecular complexity index is 945. The fraction of sp³-hybridized carbons (Fsp3) is 0.500. The zero-order valence-electron chi connectivity index (χ0n) is 17.5. The Kier molecular flexibility index (Phi) is 5.94. The minimum absolute atomic E-state index is 0.427. The van der Waals surface area contributed by atoms with E-state index >= 15 is 0 Å². The molecule has 7 nitrogen and oxygen atoms in total. The molecule has 3 aromatic rings. The summed E-state index contributed by atoms with van der Waals surface area (Å²) >= 11 is 0. The van der Waals surface area contributed by atoms with Gasteiger partial charge in [0.15, 0.2) is 0 Å². The molecule has 0 unspecified atom stereocenters. The highest BCUT2D eigenvalue weighted by atomic mass is 16.5. The molecule has 3 heterocycles. The van der Waals surface area contributed by atoms with Gasteiger partial charge in [0.1, 0.15) is 23.6 Å². The number of nitrogens with one attached hydrogen (secondary N) is 2. The van der Waals surface area contributed by atoms with Crippen molar-refractivity contribution < 1.29 is 4.74 Å². The second kappa shape index (κ2) is 8.78. The first kappa shape index (κ1) is 19.6. The predicted molar refractivity (Wildman–Crippen MR) is 116 cm³/mol. The minimum atomic E-state index is 0.427. The second-order valence-electron chi connectivity index (χ2n) is 7.97. The van der Waals surface area contributed by atoms with E-state index in [4.69, 9.17) is 4.74 Å². The fourth-order valence-corrected chi connectivity index (χ4v) is 3.98. The zero-order valence-corrected chi connectivity index (χ0v) is 17.5. The number of benzene rings is 1. The van der Waals surface area contributed by atoms with E-state index in [9.17, 15) is 0 Å². The third kappa shape index (κ3) is 4.50. The SMILES string of the molecule is CCCCCOc1ccc2[nH]nc(-c3cc(N4C[C@@H](C)N[C@@H](C)C4)ncn3)c2c1. The monoisotopic (exact) mass is 394 g/mol. The molecule has 2 N–H and O–H groups in total. The van der Waals surface area contributed by atoms with Gasteiger partial charge in [-0.05, 0) is 38.5 Å².